The lowest BCUT2D eigenvalue weighted by Gasteiger charge is -2.08. The van der Waals surface area contributed by atoms with Gasteiger partial charge in [0.15, 0.2) is 0 Å². The van der Waals surface area contributed by atoms with Crippen molar-refractivity contribution in [3.05, 3.63) is 71.2 Å². The Morgan fingerprint density at radius 2 is 1.87 bits per heavy atom. The van der Waals surface area contributed by atoms with Crippen molar-refractivity contribution in [3.63, 3.8) is 0 Å². The van der Waals surface area contributed by atoms with Gasteiger partial charge in [-0.25, -0.2) is 19.9 Å². The van der Waals surface area contributed by atoms with Crippen LogP contribution in [0.3, 0.4) is 0 Å². The molecule has 0 spiro atoms. The quantitative estimate of drug-likeness (QED) is 0.325. The fourth-order valence-corrected chi connectivity index (χ4v) is 4.74. The first-order valence-corrected chi connectivity index (χ1v) is 10.3. The minimum Gasteiger partial charge on any atom is -0.365 e. The highest BCUT2D eigenvalue weighted by Crippen LogP contribution is 2.39. The molecule has 0 bridgehead atoms. The number of thiophene rings is 1. The second-order valence-corrected chi connectivity index (χ2v) is 8.19. The van der Waals surface area contributed by atoms with Gasteiger partial charge in [-0.1, -0.05) is 23.7 Å². The molecule has 0 radical (unpaired) electrons. The monoisotopic (exact) mass is 492 g/mol. The average molecular weight is 494 g/mol. The number of aryl methyl sites for hydroxylation is 2. The fourth-order valence-electron chi connectivity index (χ4n) is 3.41. The Hall–Kier alpha value is -2.45. The van der Waals surface area contributed by atoms with Crippen LogP contribution in [-0.2, 0) is 6.54 Å². The van der Waals surface area contributed by atoms with E-state index in [-0.39, 0.29) is 24.8 Å². The Morgan fingerprint density at radius 1 is 1.10 bits per heavy atom. The zero-order valence-electron chi connectivity index (χ0n) is 16.7. The molecule has 1 N–H and O–H groups in total. The Balaban J connectivity index is 0.00000136. The highest BCUT2D eigenvalue weighted by atomic mass is 35.5. The smallest absolute Gasteiger partial charge is 0.147 e. The van der Waals surface area contributed by atoms with Gasteiger partial charge in [0.05, 0.1) is 27.3 Å². The van der Waals surface area contributed by atoms with Gasteiger partial charge in [0.1, 0.15) is 17.0 Å². The molecular weight excluding hydrogens is 475 g/mol. The summed E-state index contributed by atoms with van der Waals surface area (Å²) in [6, 6.07) is 8.35. The number of hydrogen-bond donors (Lipinski definition) is 1. The van der Waals surface area contributed by atoms with E-state index in [1.807, 2.05) is 24.6 Å². The van der Waals surface area contributed by atoms with E-state index in [1.54, 1.807) is 30.2 Å². The summed E-state index contributed by atoms with van der Waals surface area (Å²) in [5.41, 5.74) is 4.98. The van der Waals surface area contributed by atoms with Gasteiger partial charge >= 0.3 is 0 Å². The van der Waals surface area contributed by atoms with Crippen LogP contribution in [0.4, 0.5) is 5.82 Å². The van der Waals surface area contributed by atoms with Crippen LogP contribution in [-0.4, -0.2) is 24.5 Å². The molecule has 1 aromatic carbocycles. The van der Waals surface area contributed by atoms with Crippen LogP contribution in [0.2, 0.25) is 5.02 Å². The Morgan fingerprint density at radius 3 is 2.58 bits per heavy atom. The van der Waals surface area contributed by atoms with Crippen molar-refractivity contribution in [1.82, 2.24) is 24.5 Å². The number of hydrogen-bond acceptors (Lipinski definition) is 6. The zero-order valence-corrected chi connectivity index (χ0v) is 19.9. The summed E-state index contributed by atoms with van der Waals surface area (Å²) in [4.78, 5) is 18.6. The molecule has 0 saturated heterocycles. The second-order valence-electron chi connectivity index (χ2n) is 6.81. The van der Waals surface area contributed by atoms with Crippen molar-refractivity contribution in [2.45, 2.75) is 20.4 Å². The predicted molar refractivity (Wildman–Crippen MR) is 133 cm³/mol. The summed E-state index contributed by atoms with van der Waals surface area (Å²) in [7, 11) is 0. The molecule has 31 heavy (non-hydrogen) atoms. The van der Waals surface area contributed by atoms with Gasteiger partial charge < -0.3 is 9.88 Å². The molecule has 0 fully saturated rings. The number of imidazole rings is 1. The molecule has 0 atom stereocenters. The minimum absolute atomic E-state index is 0. The molecule has 0 saturated carbocycles. The van der Waals surface area contributed by atoms with Crippen LogP contribution in [0.1, 0.15) is 16.8 Å². The van der Waals surface area contributed by atoms with Gasteiger partial charge in [0, 0.05) is 30.0 Å². The van der Waals surface area contributed by atoms with Crippen LogP contribution in [0.15, 0.2) is 49.3 Å². The molecule has 160 valence electrons. The molecule has 0 aliphatic rings. The van der Waals surface area contributed by atoms with E-state index in [0.717, 1.165) is 48.8 Å². The number of benzene rings is 1. The summed E-state index contributed by atoms with van der Waals surface area (Å²) in [6.07, 6.45) is 7.07. The summed E-state index contributed by atoms with van der Waals surface area (Å²) in [5.74, 6) is 0.810. The van der Waals surface area contributed by atoms with E-state index >= 15 is 0 Å². The molecule has 10 heteroatoms. The summed E-state index contributed by atoms with van der Waals surface area (Å²) in [6.45, 7) is 4.61. The number of anilines is 1. The third-order valence-corrected chi connectivity index (χ3v) is 6.58. The number of nitrogens with zero attached hydrogens (tertiary/aromatic N) is 5. The van der Waals surface area contributed by atoms with E-state index in [0.29, 0.717) is 11.6 Å². The lowest BCUT2D eigenvalue weighted by atomic mass is 10.1. The first-order valence-electron chi connectivity index (χ1n) is 9.13. The standard InChI is InChI=1S/C21H17ClN6S.2ClH/c1-12-16-18-19(29-21(16)27-13(2)17(12)22)20(26-10-25-18)24-9-14-3-5-15(6-4-14)28-8-7-23-11-28;;/h3-8,10-11H,9H2,1-2H3,(H,24,25,26);2*1H. The van der Waals surface area contributed by atoms with E-state index in [1.165, 1.54) is 0 Å². The van der Waals surface area contributed by atoms with Gasteiger partial charge in [-0.05, 0) is 37.1 Å². The maximum atomic E-state index is 6.42. The Bertz CT molecular complexity index is 1330. The number of pyridine rings is 1. The molecule has 5 aromatic rings. The van der Waals surface area contributed by atoms with Crippen LogP contribution in [0, 0.1) is 13.8 Å². The van der Waals surface area contributed by atoms with Gasteiger partial charge in [0.2, 0.25) is 0 Å². The van der Waals surface area contributed by atoms with Crippen LogP contribution >= 0.6 is 47.8 Å². The number of rotatable bonds is 4. The van der Waals surface area contributed by atoms with Crippen LogP contribution < -0.4 is 5.32 Å². The Labute approximate surface area is 200 Å². The molecule has 4 aromatic heterocycles. The van der Waals surface area contributed by atoms with Crippen LogP contribution in [0.5, 0.6) is 0 Å². The first kappa shape index (κ1) is 23.2. The molecule has 4 heterocycles. The van der Waals surface area contributed by atoms with Crippen molar-refractivity contribution in [2.24, 2.45) is 0 Å². The highest BCUT2D eigenvalue weighted by molar-refractivity contribution is 7.26. The van der Waals surface area contributed by atoms with E-state index in [2.05, 4.69) is 49.5 Å². The maximum Gasteiger partial charge on any atom is 0.147 e. The van der Waals surface area contributed by atoms with E-state index in [9.17, 15) is 0 Å². The number of fused-ring (bicyclic) bond motifs is 3. The minimum atomic E-state index is 0. The summed E-state index contributed by atoms with van der Waals surface area (Å²) >= 11 is 8.02. The van der Waals surface area contributed by atoms with Crippen molar-refractivity contribution in [3.8, 4) is 5.69 Å². The molecule has 0 amide bonds. The van der Waals surface area contributed by atoms with Gasteiger partial charge in [0.25, 0.3) is 0 Å². The molecule has 0 unspecified atom stereocenters. The highest BCUT2D eigenvalue weighted by Gasteiger charge is 2.17. The zero-order chi connectivity index (χ0) is 20.0. The second kappa shape index (κ2) is 9.36. The SMILES string of the molecule is Cc1nc2sc3c(NCc4ccc(-n5ccnc5)cc4)ncnc3c2c(C)c1Cl.Cl.Cl. The summed E-state index contributed by atoms with van der Waals surface area (Å²) < 4.78 is 2.97. The van der Waals surface area contributed by atoms with Crippen LogP contribution in [0.25, 0.3) is 26.1 Å². The van der Waals surface area contributed by atoms with Crippen molar-refractivity contribution in [1.29, 1.82) is 0 Å². The third kappa shape index (κ3) is 4.19. The lowest BCUT2D eigenvalue weighted by molar-refractivity contribution is 1.05. The van der Waals surface area contributed by atoms with Gasteiger partial charge in [-0.3, -0.25) is 0 Å². The largest absolute Gasteiger partial charge is 0.365 e. The Kier molecular flexibility index (Phi) is 7.01. The average Bonchev–Trinajstić information content (AvgIpc) is 3.39. The normalized spacial score (nSPS) is 10.7. The fraction of sp³-hybridized carbons (Fsp3) is 0.143. The molecule has 0 aliphatic heterocycles. The van der Waals surface area contributed by atoms with E-state index < -0.39 is 0 Å². The van der Waals surface area contributed by atoms with Crippen molar-refractivity contribution < 1.29 is 0 Å². The molecule has 6 nitrogen and oxygen atoms in total. The maximum absolute atomic E-state index is 6.42. The first-order chi connectivity index (χ1) is 14.1. The molecular formula is C21H19Cl3N6S. The molecule has 5 rings (SSSR count). The van der Waals surface area contributed by atoms with E-state index in [4.69, 9.17) is 11.6 Å². The summed E-state index contributed by atoms with van der Waals surface area (Å²) in [5, 5.41) is 5.15. The molecule has 0 aliphatic carbocycles. The third-order valence-electron chi connectivity index (χ3n) is 4.94. The number of nitrogens with one attached hydrogen (secondary N) is 1. The predicted octanol–water partition coefficient (Wildman–Crippen LogP) is 6.15. The van der Waals surface area contributed by atoms with Crippen molar-refractivity contribution in [2.75, 3.05) is 5.32 Å². The topological polar surface area (TPSA) is 68.5 Å². The number of halogens is 3. The van der Waals surface area contributed by atoms with Gasteiger partial charge in [-0.15, -0.1) is 36.2 Å². The van der Waals surface area contributed by atoms with Gasteiger partial charge in [-0.2, -0.15) is 0 Å². The van der Waals surface area contributed by atoms with Crippen molar-refractivity contribution >= 4 is 74.0 Å². The number of aromatic nitrogens is 5. The lowest BCUT2D eigenvalue weighted by Crippen LogP contribution is -2.02.